The molecule has 0 unspecified atom stereocenters. The van der Waals surface area contributed by atoms with Gasteiger partial charge in [0.05, 0.1) is 7.11 Å². The van der Waals surface area contributed by atoms with Crippen molar-refractivity contribution in [2.24, 2.45) is 0 Å². The number of rotatable bonds is 2. The first-order chi connectivity index (χ1) is 6.79. The number of hydrogen-bond donors (Lipinski definition) is 1. The van der Waals surface area contributed by atoms with Crippen LogP contribution in [-0.2, 0) is 0 Å². The van der Waals surface area contributed by atoms with Crippen molar-refractivity contribution in [3.8, 4) is 5.75 Å². The van der Waals surface area contributed by atoms with Gasteiger partial charge in [0.2, 0.25) is 0 Å². The Morgan fingerprint density at radius 1 is 1.21 bits per heavy atom. The van der Waals surface area contributed by atoms with Crippen molar-refractivity contribution in [3.05, 3.63) is 29.8 Å². The second-order valence-electron chi connectivity index (χ2n) is 3.97. The molecule has 1 aliphatic rings. The Kier molecular flexibility index (Phi) is 2.73. The highest BCUT2D eigenvalue weighted by Gasteiger charge is 2.21. The zero-order valence-electron chi connectivity index (χ0n) is 8.79. The molecule has 14 heavy (non-hydrogen) atoms. The average Bonchev–Trinajstić information content (AvgIpc) is 2.65. The summed E-state index contributed by atoms with van der Waals surface area (Å²) in [5.41, 5.74) is 1.37. The van der Waals surface area contributed by atoms with Gasteiger partial charge in [0.1, 0.15) is 5.75 Å². The third-order valence-corrected chi connectivity index (χ3v) is 2.89. The average molecular weight is 191 g/mol. The predicted octanol–water partition coefficient (Wildman–Crippen LogP) is 2.51. The third-order valence-electron chi connectivity index (χ3n) is 2.89. The fourth-order valence-corrected chi connectivity index (χ4v) is 2.03. The van der Waals surface area contributed by atoms with Gasteiger partial charge in [-0.05, 0) is 37.5 Å². The first kappa shape index (κ1) is 9.53. The summed E-state index contributed by atoms with van der Waals surface area (Å²) in [7, 11) is 1.70. The first-order valence-electron chi connectivity index (χ1n) is 5.19. The van der Waals surface area contributed by atoms with Crippen molar-refractivity contribution in [1.29, 1.82) is 0 Å². The number of benzene rings is 1. The molecule has 0 spiro atoms. The van der Waals surface area contributed by atoms with E-state index in [1.807, 2.05) is 12.1 Å². The topological polar surface area (TPSA) is 21.3 Å². The van der Waals surface area contributed by atoms with Gasteiger partial charge in [0.15, 0.2) is 0 Å². The smallest absolute Gasteiger partial charge is 0.118 e. The van der Waals surface area contributed by atoms with Crippen LogP contribution in [-0.4, -0.2) is 13.2 Å². The van der Waals surface area contributed by atoms with Crippen LogP contribution in [0.5, 0.6) is 5.75 Å². The van der Waals surface area contributed by atoms with Crippen molar-refractivity contribution < 1.29 is 4.74 Å². The molecular weight excluding hydrogens is 174 g/mol. The molecule has 1 fully saturated rings. The summed E-state index contributed by atoms with van der Waals surface area (Å²) in [5.74, 6) is 0.930. The second-order valence-corrected chi connectivity index (χ2v) is 3.97. The Morgan fingerprint density at radius 2 is 1.93 bits per heavy atom. The van der Waals surface area contributed by atoms with Crippen LogP contribution in [0.15, 0.2) is 24.3 Å². The number of nitrogens with one attached hydrogen (secondary N) is 1. The van der Waals surface area contributed by atoms with Crippen molar-refractivity contribution in [2.45, 2.75) is 31.8 Å². The van der Waals surface area contributed by atoms with E-state index in [4.69, 9.17) is 4.74 Å². The minimum atomic E-state index is 0.538. The molecule has 0 saturated carbocycles. The molecular formula is C12H17NO. The summed E-state index contributed by atoms with van der Waals surface area (Å²) in [5, 5.41) is 3.57. The Bertz CT molecular complexity index is 294. The van der Waals surface area contributed by atoms with Gasteiger partial charge in [0.25, 0.3) is 0 Å². The Hall–Kier alpha value is -1.02. The first-order valence-corrected chi connectivity index (χ1v) is 5.19. The summed E-state index contributed by atoms with van der Waals surface area (Å²) in [6.45, 7) is 2.24. The molecule has 76 valence electrons. The van der Waals surface area contributed by atoms with Crippen LogP contribution >= 0.6 is 0 Å². The van der Waals surface area contributed by atoms with E-state index in [0.29, 0.717) is 12.1 Å². The molecule has 2 atom stereocenters. The molecule has 0 radical (unpaired) electrons. The summed E-state index contributed by atoms with van der Waals surface area (Å²) in [6, 6.07) is 9.54. The van der Waals surface area contributed by atoms with E-state index in [0.717, 1.165) is 5.75 Å². The van der Waals surface area contributed by atoms with Gasteiger partial charge in [-0.3, -0.25) is 0 Å². The second kappa shape index (κ2) is 4.01. The zero-order valence-corrected chi connectivity index (χ0v) is 8.79. The van der Waals surface area contributed by atoms with E-state index in [1.165, 1.54) is 18.4 Å². The standard InChI is InChI=1S/C12H17NO/c1-9-3-8-12(13-9)10-4-6-11(14-2)7-5-10/h4-7,9,12-13H,3,8H2,1-2H3/t9-,12+/m0/s1. The van der Waals surface area contributed by atoms with E-state index in [9.17, 15) is 0 Å². The molecule has 1 aromatic rings. The molecule has 1 N–H and O–H groups in total. The Balaban J connectivity index is 2.09. The summed E-state index contributed by atoms with van der Waals surface area (Å²) >= 11 is 0. The molecule has 1 saturated heterocycles. The largest absolute Gasteiger partial charge is 0.497 e. The fraction of sp³-hybridized carbons (Fsp3) is 0.500. The van der Waals surface area contributed by atoms with Crippen molar-refractivity contribution in [1.82, 2.24) is 5.32 Å². The van der Waals surface area contributed by atoms with Crippen LogP contribution in [0.4, 0.5) is 0 Å². The molecule has 1 aliphatic heterocycles. The lowest BCUT2D eigenvalue weighted by Crippen LogP contribution is -2.20. The number of methoxy groups -OCH3 is 1. The Labute approximate surface area is 85.3 Å². The minimum absolute atomic E-state index is 0.538. The van der Waals surface area contributed by atoms with Crippen LogP contribution in [0, 0.1) is 0 Å². The summed E-state index contributed by atoms with van der Waals surface area (Å²) in [6.07, 6.45) is 2.52. The van der Waals surface area contributed by atoms with E-state index >= 15 is 0 Å². The van der Waals surface area contributed by atoms with E-state index in [2.05, 4.69) is 24.4 Å². The van der Waals surface area contributed by atoms with Gasteiger partial charge in [-0.15, -0.1) is 0 Å². The fourth-order valence-electron chi connectivity index (χ4n) is 2.03. The SMILES string of the molecule is COc1ccc([C@H]2CC[C@H](C)N2)cc1. The molecule has 1 heterocycles. The Morgan fingerprint density at radius 3 is 2.43 bits per heavy atom. The quantitative estimate of drug-likeness (QED) is 0.775. The highest BCUT2D eigenvalue weighted by atomic mass is 16.5. The van der Waals surface area contributed by atoms with Crippen LogP contribution in [0.2, 0.25) is 0 Å². The van der Waals surface area contributed by atoms with Gasteiger partial charge in [0, 0.05) is 12.1 Å². The molecule has 0 bridgehead atoms. The predicted molar refractivity (Wildman–Crippen MR) is 57.6 cm³/mol. The molecule has 0 amide bonds. The van der Waals surface area contributed by atoms with Crippen molar-refractivity contribution >= 4 is 0 Å². The van der Waals surface area contributed by atoms with Gasteiger partial charge >= 0.3 is 0 Å². The highest BCUT2D eigenvalue weighted by molar-refractivity contribution is 5.29. The van der Waals surface area contributed by atoms with Crippen LogP contribution < -0.4 is 10.1 Å². The lowest BCUT2D eigenvalue weighted by atomic mass is 10.1. The molecule has 2 rings (SSSR count). The van der Waals surface area contributed by atoms with Gasteiger partial charge < -0.3 is 10.1 Å². The molecule has 2 heteroatoms. The van der Waals surface area contributed by atoms with Gasteiger partial charge in [-0.2, -0.15) is 0 Å². The van der Waals surface area contributed by atoms with Crippen LogP contribution in [0.1, 0.15) is 31.4 Å². The summed E-state index contributed by atoms with van der Waals surface area (Å²) in [4.78, 5) is 0. The number of ether oxygens (including phenoxy) is 1. The third kappa shape index (κ3) is 1.90. The van der Waals surface area contributed by atoms with E-state index in [1.54, 1.807) is 7.11 Å². The maximum absolute atomic E-state index is 5.13. The van der Waals surface area contributed by atoms with Crippen molar-refractivity contribution in [2.75, 3.05) is 7.11 Å². The summed E-state index contributed by atoms with van der Waals surface area (Å²) < 4.78 is 5.13. The van der Waals surface area contributed by atoms with Crippen LogP contribution in [0.3, 0.4) is 0 Å². The monoisotopic (exact) mass is 191 g/mol. The molecule has 1 aromatic carbocycles. The molecule has 2 nitrogen and oxygen atoms in total. The minimum Gasteiger partial charge on any atom is -0.497 e. The normalized spacial score (nSPS) is 26.4. The number of hydrogen-bond acceptors (Lipinski definition) is 2. The van der Waals surface area contributed by atoms with Crippen molar-refractivity contribution in [3.63, 3.8) is 0 Å². The zero-order chi connectivity index (χ0) is 9.97. The lowest BCUT2D eigenvalue weighted by molar-refractivity contribution is 0.414. The van der Waals surface area contributed by atoms with Gasteiger partial charge in [-0.1, -0.05) is 12.1 Å². The van der Waals surface area contributed by atoms with E-state index in [-0.39, 0.29) is 0 Å². The molecule has 0 aromatic heterocycles. The maximum Gasteiger partial charge on any atom is 0.118 e. The van der Waals surface area contributed by atoms with E-state index < -0.39 is 0 Å². The maximum atomic E-state index is 5.13. The molecule has 0 aliphatic carbocycles. The van der Waals surface area contributed by atoms with Crippen LogP contribution in [0.25, 0.3) is 0 Å². The lowest BCUT2D eigenvalue weighted by Gasteiger charge is -2.12. The highest BCUT2D eigenvalue weighted by Crippen LogP contribution is 2.27. The van der Waals surface area contributed by atoms with Gasteiger partial charge in [-0.25, -0.2) is 0 Å².